The van der Waals surface area contributed by atoms with Gasteiger partial charge < -0.3 is 0 Å². The van der Waals surface area contributed by atoms with Gasteiger partial charge in [0.25, 0.3) is 0 Å². The minimum absolute atomic E-state index is 1.21. The molecule has 0 unspecified atom stereocenters. The molecule has 0 amide bonds. The fraction of sp³-hybridized carbons (Fsp3) is 0.143. The molecule has 3 aromatic rings. The third-order valence-corrected chi connectivity index (χ3v) is 4.12. The summed E-state index contributed by atoms with van der Waals surface area (Å²) >= 11 is 0. The molecule has 3 rings (SSSR count). The van der Waals surface area contributed by atoms with Gasteiger partial charge in [0.2, 0.25) is 0 Å². The molecular weight excluding hydrogens is 252 g/mol. The van der Waals surface area contributed by atoms with Gasteiger partial charge in [0, 0.05) is 0 Å². The van der Waals surface area contributed by atoms with E-state index >= 15 is 0 Å². The van der Waals surface area contributed by atoms with Crippen LogP contribution in [0.15, 0.2) is 60.7 Å². The van der Waals surface area contributed by atoms with Crippen molar-refractivity contribution in [3.8, 4) is 22.3 Å². The van der Waals surface area contributed by atoms with E-state index in [4.69, 9.17) is 0 Å². The van der Waals surface area contributed by atoms with Gasteiger partial charge in [0.15, 0.2) is 0 Å². The molecule has 0 aliphatic heterocycles. The van der Waals surface area contributed by atoms with E-state index in [9.17, 15) is 0 Å². The largest absolute Gasteiger partial charge is 0.0622 e. The minimum Gasteiger partial charge on any atom is -0.0622 e. The highest BCUT2D eigenvalue weighted by Crippen LogP contribution is 2.35. The molecule has 0 spiro atoms. The molecule has 0 saturated heterocycles. The second kappa shape index (κ2) is 5.57. The van der Waals surface area contributed by atoms with E-state index in [2.05, 4.69) is 87.5 Å². The maximum absolute atomic E-state index is 3.57. The molecule has 0 bridgehead atoms. The predicted molar refractivity (Wildman–Crippen MR) is 90.4 cm³/mol. The van der Waals surface area contributed by atoms with Gasteiger partial charge in [-0.15, -0.1) is 0 Å². The summed E-state index contributed by atoms with van der Waals surface area (Å²) in [5.74, 6) is 0. The van der Waals surface area contributed by atoms with Gasteiger partial charge in [-0.3, -0.25) is 0 Å². The molecule has 0 heterocycles. The van der Waals surface area contributed by atoms with Crippen LogP contribution in [0.3, 0.4) is 0 Å². The van der Waals surface area contributed by atoms with Gasteiger partial charge >= 0.3 is 0 Å². The first-order valence-corrected chi connectivity index (χ1v) is 7.32. The lowest BCUT2D eigenvalue weighted by atomic mass is 9.87. The summed E-state index contributed by atoms with van der Waals surface area (Å²) in [6, 6.07) is 24.7. The average Bonchev–Trinajstić information content (AvgIpc) is 2.53. The molecule has 3 aromatic carbocycles. The molecule has 0 aromatic heterocycles. The van der Waals surface area contributed by atoms with Crippen molar-refractivity contribution >= 4 is 0 Å². The van der Waals surface area contributed by atoms with E-state index < -0.39 is 0 Å². The third-order valence-electron chi connectivity index (χ3n) is 4.12. The van der Waals surface area contributed by atoms with E-state index in [-0.39, 0.29) is 0 Å². The van der Waals surface area contributed by atoms with E-state index in [0.717, 1.165) is 0 Å². The summed E-state index contributed by atoms with van der Waals surface area (Å²) in [7, 11) is 0. The van der Waals surface area contributed by atoms with Crippen LogP contribution in [-0.4, -0.2) is 0 Å². The molecule has 1 radical (unpaired) electrons. The van der Waals surface area contributed by atoms with Crippen molar-refractivity contribution in [3.63, 3.8) is 0 Å². The second-order valence-corrected chi connectivity index (χ2v) is 5.48. The molecule has 103 valence electrons. The summed E-state index contributed by atoms with van der Waals surface area (Å²) < 4.78 is 0. The van der Waals surface area contributed by atoms with Crippen molar-refractivity contribution in [1.29, 1.82) is 0 Å². The summed E-state index contributed by atoms with van der Waals surface area (Å²) in [6.07, 6.45) is 0. The Balaban J connectivity index is 2.29. The van der Waals surface area contributed by atoms with Crippen molar-refractivity contribution in [2.45, 2.75) is 20.8 Å². The molecule has 21 heavy (non-hydrogen) atoms. The molecule has 0 heteroatoms. The number of benzene rings is 3. The minimum atomic E-state index is 1.21. The van der Waals surface area contributed by atoms with Crippen LogP contribution in [0.4, 0.5) is 0 Å². The topological polar surface area (TPSA) is 0 Å². The molecule has 0 aliphatic carbocycles. The van der Waals surface area contributed by atoms with Crippen LogP contribution in [0.2, 0.25) is 0 Å². The van der Waals surface area contributed by atoms with Crippen LogP contribution >= 0.6 is 0 Å². The Labute approximate surface area is 127 Å². The monoisotopic (exact) mass is 271 g/mol. The highest BCUT2D eigenvalue weighted by molar-refractivity contribution is 5.81. The number of rotatable bonds is 2. The predicted octanol–water partition coefficient (Wildman–Crippen LogP) is 5.75. The summed E-state index contributed by atoms with van der Waals surface area (Å²) in [6.45, 7) is 6.54. The van der Waals surface area contributed by atoms with Crippen molar-refractivity contribution in [2.75, 3.05) is 0 Å². The summed E-state index contributed by atoms with van der Waals surface area (Å²) in [4.78, 5) is 0. The van der Waals surface area contributed by atoms with Gasteiger partial charge in [-0.05, 0) is 65.8 Å². The standard InChI is InChI=1S/C21H19/c1-15-14-20(18-10-6-4-7-11-18)17(3)21(16(15)2)19-12-8-5-9-13-19/h4-13H,1-3H3. The van der Waals surface area contributed by atoms with Gasteiger partial charge in [-0.25, -0.2) is 0 Å². The Morgan fingerprint density at radius 3 is 1.71 bits per heavy atom. The van der Waals surface area contributed by atoms with Crippen LogP contribution in [0.25, 0.3) is 22.3 Å². The van der Waals surface area contributed by atoms with Gasteiger partial charge in [0.1, 0.15) is 0 Å². The highest BCUT2D eigenvalue weighted by atomic mass is 14.2. The quantitative estimate of drug-likeness (QED) is 0.557. The van der Waals surface area contributed by atoms with Gasteiger partial charge in [-0.2, -0.15) is 0 Å². The van der Waals surface area contributed by atoms with Crippen LogP contribution in [0.1, 0.15) is 16.7 Å². The smallest absolute Gasteiger partial charge is 0.00613 e. The molecule has 0 saturated carbocycles. The lowest BCUT2D eigenvalue weighted by molar-refractivity contribution is 1.29. The highest BCUT2D eigenvalue weighted by Gasteiger charge is 2.13. The van der Waals surface area contributed by atoms with Crippen molar-refractivity contribution in [1.82, 2.24) is 0 Å². The first-order valence-electron chi connectivity index (χ1n) is 7.32. The van der Waals surface area contributed by atoms with E-state index in [0.29, 0.717) is 0 Å². The van der Waals surface area contributed by atoms with Crippen molar-refractivity contribution < 1.29 is 0 Å². The van der Waals surface area contributed by atoms with E-state index in [1.54, 1.807) is 0 Å². The third kappa shape index (κ3) is 2.50. The second-order valence-electron chi connectivity index (χ2n) is 5.48. The normalized spacial score (nSPS) is 10.6. The van der Waals surface area contributed by atoms with Crippen LogP contribution in [0, 0.1) is 26.8 Å². The fourth-order valence-electron chi connectivity index (χ4n) is 2.90. The lowest BCUT2D eigenvalue weighted by Gasteiger charge is -2.17. The number of hydrogen-bond donors (Lipinski definition) is 0. The SMILES string of the molecule is Cc1[c]c(-c2ccccc2)c(C)c(-c2ccccc2)c1C. The van der Waals surface area contributed by atoms with Crippen molar-refractivity contribution in [2.24, 2.45) is 0 Å². The van der Waals surface area contributed by atoms with E-state index in [1.807, 2.05) is 0 Å². The Kier molecular flexibility index (Phi) is 3.62. The maximum Gasteiger partial charge on any atom is -0.00613 e. The molecule has 0 fully saturated rings. The zero-order chi connectivity index (χ0) is 14.8. The first kappa shape index (κ1) is 13.6. The Morgan fingerprint density at radius 2 is 1.14 bits per heavy atom. The average molecular weight is 271 g/mol. The molecule has 0 aliphatic rings. The Morgan fingerprint density at radius 1 is 0.619 bits per heavy atom. The van der Waals surface area contributed by atoms with Crippen LogP contribution < -0.4 is 0 Å². The lowest BCUT2D eigenvalue weighted by Crippen LogP contribution is -1.96. The molecule has 0 nitrogen and oxygen atoms in total. The summed E-state index contributed by atoms with van der Waals surface area (Å²) in [5, 5.41) is 0. The van der Waals surface area contributed by atoms with Crippen LogP contribution in [0.5, 0.6) is 0 Å². The van der Waals surface area contributed by atoms with Crippen molar-refractivity contribution in [3.05, 3.63) is 83.4 Å². The summed E-state index contributed by atoms with van der Waals surface area (Å²) in [5.41, 5.74) is 8.90. The van der Waals surface area contributed by atoms with Gasteiger partial charge in [-0.1, -0.05) is 60.7 Å². The van der Waals surface area contributed by atoms with E-state index in [1.165, 1.54) is 38.9 Å². The number of aryl methyl sites for hydroxylation is 1. The van der Waals surface area contributed by atoms with Gasteiger partial charge in [0.05, 0.1) is 0 Å². The zero-order valence-corrected chi connectivity index (χ0v) is 12.8. The molecule has 0 atom stereocenters. The maximum atomic E-state index is 3.57. The molecular formula is C21H19. The Hall–Kier alpha value is -2.34. The zero-order valence-electron chi connectivity index (χ0n) is 12.8. The Bertz CT molecular complexity index is 753. The molecule has 0 N–H and O–H groups in total. The fourth-order valence-corrected chi connectivity index (χ4v) is 2.90. The first-order chi connectivity index (χ1) is 10.2. The van der Waals surface area contributed by atoms with Crippen LogP contribution in [-0.2, 0) is 0 Å². The number of hydrogen-bond acceptors (Lipinski definition) is 0.